The van der Waals surface area contributed by atoms with Gasteiger partial charge in [-0.25, -0.2) is 0 Å². The second-order valence-corrected chi connectivity index (χ2v) is 12.4. The first-order valence-electron chi connectivity index (χ1n) is 18.1. The van der Waals surface area contributed by atoms with Crippen LogP contribution in [0.25, 0.3) is 0 Å². The SMILES string of the molecule is CCCCCC(=Nc1ccccc1)C(CCCC)=Nc1ccccc1.CCc1cc(O)c(O)c(C(=O)[O-])c1C.CCc1cc(O)c(O)c(C(=O)[O-])c1C.[Ni+2]. The van der Waals surface area contributed by atoms with Gasteiger partial charge in [0.1, 0.15) is 0 Å². The van der Waals surface area contributed by atoms with E-state index in [0.29, 0.717) is 35.1 Å². The van der Waals surface area contributed by atoms with Crippen LogP contribution in [0.15, 0.2) is 82.8 Å². The number of aromatic carboxylic acids is 2. The molecule has 0 amide bonds. The summed E-state index contributed by atoms with van der Waals surface area (Å²) >= 11 is 0. The van der Waals surface area contributed by atoms with Gasteiger partial charge in [-0.2, -0.15) is 0 Å². The van der Waals surface area contributed by atoms with Gasteiger partial charge in [0.2, 0.25) is 0 Å². The number of para-hydroxylation sites is 2. The zero-order valence-electron chi connectivity index (χ0n) is 31.9. The molecule has 4 rings (SSSR count). The molecule has 0 heterocycles. The summed E-state index contributed by atoms with van der Waals surface area (Å²) in [4.78, 5) is 31.3. The summed E-state index contributed by atoms with van der Waals surface area (Å²) in [5, 5.41) is 58.4. The standard InChI is InChI=1S/C23H30N2.2C10H12O4.Ni/c1-3-5-9-19-23(25-21-16-12-8-13-17-21)22(18-6-4-2)24-20-14-10-7-11-15-20;2*1-3-6-4-7(11)9(12)8(5(6)2)10(13)14;/h7-8,10-17H,3-6,9,18-19H2,1-2H3;2*4,11-12H,3H2,1-2H3,(H,13,14);/q;;;+2/p-2. The summed E-state index contributed by atoms with van der Waals surface area (Å²) in [6, 6.07) is 23.2. The van der Waals surface area contributed by atoms with Gasteiger partial charge in [-0.3, -0.25) is 9.98 Å². The molecule has 0 aliphatic rings. The van der Waals surface area contributed by atoms with Gasteiger partial charge in [-0.1, -0.05) is 83.4 Å². The average molecular weight is 784 g/mol. The molecule has 54 heavy (non-hydrogen) atoms. The van der Waals surface area contributed by atoms with Crippen LogP contribution in [0, 0.1) is 13.8 Å². The van der Waals surface area contributed by atoms with Crippen molar-refractivity contribution in [3.8, 4) is 23.0 Å². The van der Waals surface area contributed by atoms with Crippen LogP contribution in [-0.4, -0.2) is 43.8 Å². The Morgan fingerprint density at radius 2 is 0.926 bits per heavy atom. The molecular formula is C43H52N2NiO8. The van der Waals surface area contributed by atoms with Crippen LogP contribution >= 0.6 is 0 Å². The Labute approximate surface area is 328 Å². The number of aryl methyl sites for hydroxylation is 2. The number of carbonyl (C=O) groups is 2. The third kappa shape index (κ3) is 14.0. The molecule has 292 valence electrons. The van der Waals surface area contributed by atoms with E-state index in [4.69, 9.17) is 9.98 Å². The minimum Gasteiger partial charge on any atom is -0.545 e. The largest absolute Gasteiger partial charge is 2.00 e. The predicted molar refractivity (Wildman–Crippen MR) is 207 cm³/mol. The first kappa shape index (κ1) is 46.9. The summed E-state index contributed by atoms with van der Waals surface area (Å²) in [5.74, 6) is -5.06. The number of hydrogen-bond acceptors (Lipinski definition) is 10. The van der Waals surface area contributed by atoms with E-state index in [2.05, 4.69) is 38.1 Å². The Morgan fingerprint density at radius 3 is 1.24 bits per heavy atom. The average Bonchev–Trinajstić information content (AvgIpc) is 3.14. The van der Waals surface area contributed by atoms with Gasteiger partial charge in [0.05, 0.1) is 34.7 Å². The first-order valence-corrected chi connectivity index (χ1v) is 18.1. The van der Waals surface area contributed by atoms with E-state index in [9.17, 15) is 40.2 Å². The maximum Gasteiger partial charge on any atom is 2.00 e. The molecule has 0 aliphatic heterocycles. The number of rotatable bonds is 14. The number of unbranched alkanes of at least 4 members (excludes halogenated alkanes) is 3. The van der Waals surface area contributed by atoms with E-state index < -0.39 is 34.9 Å². The maximum atomic E-state index is 10.7. The van der Waals surface area contributed by atoms with Crippen LogP contribution in [0.2, 0.25) is 0 Å². The molecule has 10 nitrogen and oxygen atoms in total. The van der Waals surface area contributed by atoms with Gasteiger partial charge in [0, 0.05) is 11.1 Å². The molecule has 4 N–H and O–H groups in total. The molecule has 0 atom stereocenters. The monoisotopic (exact) mass is 782 g/mol. The predicted octanol–water partition coefficient (Wildman–Crippen LogP) is 7.96. The molecule has 0 aliphatic carbocycles. The summed E-state index contributed by atoms with van der Waals surface area (Å²) in [7, 11) is 0. The number of aliphatic imine (C=N–C) groups is 2. The summed E-state index contributed by atoms with van der Waals surface area (Å²) in [6.07, 6.45) is 9.09. The Kier molecular flexibility index (Phi) is 21.0. The minimum atomic E-state index is -1.48. The zero-order chi connectivity index (χ0) is 39.5. The fourth-order valence-corrected chi connectivity index (χ4v) is 5.58. The molecular weight excluding hydrogens is 731 g/mol. The van der Waals surface area contributed by atoms with Crippen molar-refractivity contribution >= 4 is 34.7 Å². The van der Waals surface area contributed by atoms with E-state index in [-0.39, 0.29) is 27.6 Å². The van der Waals surface area contributed by atoms with Crippen LogP contribution in [0.3, 0.4) is 0 Å². The number of carboxylic acids is 2. The Balaban J connectivity index is 0.000000431. The fourth-order valence-electron chi connectivity index (χ4n) is 5.58. The van der Waals surface area contributed by atoms with Gasteiger partial charge in [-0.15, -0.1) is 0 Å². The molecule has 4 aromatic rings. The number of carbonyl (C=O) groups excluding carboxylic acids is 2. The molecule has 0 saturated carbocycles. The topological polar surface area (TPSA) is 186 Å². The van der Waals surface area contributed by atoms with Crippen LogP contribution in [0.1, 0.15) is 116 Å². The number of hydrogen-bond donors (Lipinski definition) is 4. The second kappa shape index (κ2) is 24.2. The van der Waals surface area contributed by atoms with Crippen molar-refractivity contribution in [2.45, 2.75) is 99.3 Å². The molecule has 0 unspecified atom stereocenters. The van der Waals surface area contributed by atoms with Crippen molar-refractivity contribution in [3.63, 3.8) is 0 Å². The van der Waals surface area contributed by atoms with E-state index in [1.54, 1.807) is 13.8 Å². The zero-order valence-corrected chi connectivity index (χ0v) is 32.9. The Bertz CT molecular complexity index is 1780. The van der Waals surface area contributed by atoms with Crippen molar-refractivity contribution in [2.24, 2.45) is 9.98 Å². The van der Waals surface area contributed by atoms with Crippen LogP contribution in [-0.2, 0) is 29.3 Å². The van der Waals surface area contributed by atoms with Crippen molar-refractivity contribution in [3.05, 3.63) is 106 Å². The van der Waals surface area contributed by atoms with E-state index in [1.807, 2.05) is 50.2 Å². The first-order chi connectivity index (χ1) is 25.3. The number of phenols is 4. The quantitative estimate of drug-likeness (QED) is 0.0429. The summed E-state index contributed by atoms with van der Waals surface area (Å²) in [5.41, 5.74) is 5.90. The minimum absolute atomic E-state index is 0. The van der Waals surface area contributed by atoms with E-state index in [0.717, 1.165) is 42.1 Å². The molecule has 0 radical (unpaired) electrons. The normalized spacial score (nSPS) is 11.0. The molecule has 0 saturated heterocycles. The molecule has 0 fully saturated rings. The number of phenolic OH excluding ortho intramolecular Hbond substituents is 2. The van der Waals surface area contributed by atoms with Gasteiger partial charge in [0.15, 0.2) is 23.0 Å². The third-order valence-corrected chi connectivity index (χ3v) is 8.62. The van der Waals surface area contributed by atoms with Gasteiger partial charge >= 0.3 is 16.5 Å². The van der Waals surface area contributed by atoms with Gasteiger partial charge in [0.25, 0.3) is 0 Å². The van der Waals surface area contributed by atoms with Crippen molar-refractivity contribution in [1.82, 2.24) is 0 Å². The van der Waals surface area contributed by atoms with Crippen LogP contribution in [0.4, 0.5) is 11.4 Å². The Hall–Kier alpha value is -5.15. The van der Waals surface area contributed by atoms with Crippen LogP contribution in [0.5, 0.6) is 23.0 Å². The Morgan fingerprint density at radius 1 is 0.574 bits per heavy atom. The van der Waals surface area contributed by atoms with Gasteiger partial charge < -0.3 is 40.2 Å². The molecule has 0 aromatic heterocycles. The maximum absolute atomic E-state index is 10.7. The van der Waals surface area contributed by atoms with Crippen molar-refractivity contribution in [1.29, 1.82) is 0 Å². The smallest absolute Gasteiger partial charge is 0.545 e. The fraction of sp³-hybridized carbons (Fsp3) is 0.349. The summed E-state index contributed by atoms with van der Waals surface area (Å²) in [6.45, 7) is 11.3. The van der Waals surface area contributed by atoms with E-state index >= 15 is 0 Å². The number of benzene rings is 4. The molecule has 0 spiro atoms. The molecule has 4 aromatic carbocycles. The molecule has 0 bridgehead atoms. The van der Waals surface area contributed by atoms with Crippen LogP contribution < -0.4 is 10.2 Å². The third-order valence-electron chi connectivity index (χ3n) is 8.62. The molecule has 11 heteroatoms. The number of carboxylic acid groups (broad SMARTS) is 2. The van der Waals surface area contributed by atoms with Crippen molar-refractivity contribution < 1.29 is 56.7 Å². The summed E-state index contributed by atoms with van der Waals surface area (Å²) < 4.78 is 0. The van der Waals surface area contributed by atoms with Crippen molar-refractivity contribution in [2.75, 3.05) is 0 Å². The number of nitrogens with zero attached hydrogens (tertiary/aromatic N) is 2. The second-order valence-electron chi connectivity index (χ2n) is 12.4. The van der Waals surface area contributed by atoms with E-state index in [1.165, 1.54) is 37.8 Å². The number of aromatic hydroxyl groups is 4. The van der Waals surface area contributed by atoms with Gasteiger partial charge in [-0.05, 0) is 111 Å².